The molecular weight excluding hydrogens is 496 g/mol. The Hall–Kier alpha value is -3.94. The van der Waals surface area contributed by atoms with E-state index >= 15 is 0 Å². The van der Waals surface area contributed by atoms with Crippen molar-refractivity contribution >= 4 is 17.5 Å². The minimum atomic E-state index is -1.04. The SMILES string of the molecule is CCC(C)c1ccc(N(C(=O)c2ccco2)C(C(=O)NC2CCCC2)c2cc(OC)c(OC)c(OC)c2)cc1. The molecule has 0 saturated heterocycles. The summed E-state index contributed by atoms with van der Waals surface area (Å²) in [4.78, 5) is 29.6. The number of nitrogens with one attached hydrogen (secondary N) is 1. The molecule has 1 aliphatic carbocycles. The molecule has 0 bridgehead atoms. The van der Waals surface area contributed by atoms with E-state index in [0.29, 0.717) is 34.4 Å². The zero-order valence-corrected chi connectivity index (χ0v) is 23.4. The summed E-state index contributed by atoms with van der Waals surface area (Å²) < 4.78 is 22.2. The molecule has 0 spiro atoms. The van der Waals surface area contributed by atoms with Crippen LogP contribution in [0.5, 0.6) is 17.2 Å². The van der Waals surface area contributed by atoms with E-state index in [1.807, 2.05) is 24.3 Å². The lowest BCUT2D eigenvalue weighted by Gasteiger charge is -2.32. The van der Waals surface area contributed by atoms with Gasteiger partial charge in [-0.1, -0.05) is 38.8 Å². The summed E-state index contributed by atoms with van der Waals surface area (Å²) in [7, 11) is 4.57. The number of hydrogen-bond donors (Lipinski definition) is 1. The predicted molar refractivity (Wildman–Crippen MR) is 150 cm³/mol. The Bertz CT molecular complexity index is 1220. The van der Waals surface area contributed by atoms with Gasteiger partial charge in [-0.15, -0.1) is 0 Å². The number of ether oxygens (including phenoxy) is 3. The highest BCUT2D eigenvalue weighted by molar-refractivity contribution is 6.08. The summed E-state index contributed by atoms with van der Waals surface area (Å²) in [5.41, 5.74) is 2.25. The van der Waals surface area contributed by atoms with Crippen LogP contribution in [-0.4, -0.2) is 39.2 Å². The highest BCUT2D eigenvalue weighted by Gasteiger charge is 2.37. The van der Waals surface area contributed by atoms with E-state index in [4.69, 9.17) is 18.6 Å². The highest BCUT2D eigenvalue weighted by Crippen LogP contribution is 2.42. The zero-order chi connectivity index (χ0) is 27.9. The first-order valence-electron chi connectivity index (χ1n) is 13.5. The maximum atomic E-state index is 14.1. The number of nitrogens with zero attached hydrogens (tertiary/aromatic N) is 1. The number of furan rings is 1. The molecule has 2 atom stereocenters. The molecule has 2 unspecified atom stereocenters. The van der Waals surface area contributed by atoms with Crippen LogP contribution in [0.1, 0.15) is 79.6 Å². The number of rotatable bonds is 11. The maximum Gasteiger partial charge on any atom is 0.294 e. The molecule has 208 valence electrons. The molecule has 0 radical (unpaired) electrons. The average molecular weight is 535 g/mol. The Labute approximate surface area is 230 Å². The molecule has 1 saturated carbocycles. The Kier molecular flexibility index (Phi) is 9.17. The van der Waals surface area contributed by atoms with Gasteiger partial charge in [0, 0.05) is 11.7 Å². The molecule has 39 heavy (non-hydrogen) atoms. The smallest absolute Gasteiger partial charge is 0.294 e. The van der Waals surface area contributed by atoms with Gasteiger partial charge in [-0.3, -0.25) is 14.5 Å². The van der Waals surface area contributed by atoms with Crippen molar-refractivity contribution in [3.63, 3.8) is 0 Å². The van der Waals surface area contributed by atoms with Crippen molar-refractivity contribution < 1.29 is 28.2 Å². The normalized spacial score (nSPS) is 14.9. The molecule has 1 N–H and O–H groups in total. The van der Waals surface area contributed by atoms with Crippen LogP contribution in [0, 0.1) is 0 Å². The van der Waals surface area contributed by atoms with Gasteiger partial charge in [0.15, 0.2) is 17.3 Å². The molecule has 1 aromatic heterocycles. The van der Waals surface area contributed by atoms with E-state index in [9.17, 15) is 9.59 Å². The predicted octanol–water partition coefficient (Wildman–Crippen LogP) is 6.27. The Morgan fingerprint density at radius 3 is 2.13 bits per heavy atom. The summed E-state index contributed by atoms with van der Waals surface area (Å²) in [5, 5.41) is 3.19. The van der Waals surface area contributed by atoms with Gasteiger partial charge < -0.3 is 23.9 Å². The van der Waals surface area contributed by atoms with Gasteiger partial charge in [0.1, 0.15) is 6.04 Å². The van der Waals surface area contributed by atoms with Gasteiger partial charge in [-0.05, 0) is 72.7 Å². The Morgan fingerprint density at radius 1 is 0.974 bits per heavy atom. The van der Waals surface area contributed by atoms with E-state index in [0.717, 1.165) is 37.7 Å². The minimum Gasteiger partial charge on any atom is -0.493 e. The zero-order valence-electron chi connectivity index (χ0n) is 23.4. The quantitative estimate of drug-likeness (QED) is 0.312. The highest BCUT2D eigenvalue weighted by atomic mass is 16.5. The summed E-state index contributed by atoms with van der Waals surface area (Å²) in [6, 6.07) is 13.5. The van der Waals surface area contributed by atoms with Gasteiger partial charge in [0.25, 0.3) is 5.91 Å². The van der Waals surface area contributed by atoms with Gasteiger partial charge in [0.05, 0.1) is 27.6 Å². The topological polar surface area (TPSA) is 90.2 Å². The number of anilines is 1. The van der Waals surface area contributed by atoms with Gasteiger partial charge in [-0.2, -0.15) is 0 Å². The molecule has 8 heteroatoms. The summed E-state index contributed by atoms with van der Waals surface area (Å²) >= 11 is 0. The number of benzene rings is 2. The molecule has 8 nitrogen and oxygen atoms in total. The molecule has 4 rings (SSSR count). The van der Waals surface area contributed by atoms with Crippen molar-refractivity contribution in [3.05, 3.63) is 71.7 Å². The van der Waals surface area contributed by atoms with Crippen molar-refractivity contribution in [2.24, 2.45) is 0 Å². The van der Waals surface area contributed by atoms with Crippen LogP contribution in [0.3, 0.4) is 0 Å². The first-order chi connectivity index (χ1) is 18.9. The third-order valence-electron chi connectivity index (χ3n) is 7.51. The lowest BCUT2D eigenvalue weighted by Crippen LogP contribution is -2.46. The molecule has 2 aromatic carbocycles. The number of methoxy groups -OCH3 is 3. The van der Waals surface area contributed by atoms with Crippen LogP contribution in [-0.2, 0) is 4.79 Å². The van der Waals surface area contributed by atoms with Crippen LogP contribution >= 0.6 is 0 Å². The Balaban J connectivity index is 1.89. The van der Waals surface area contributed by atoms with Crippen LogP contribution < -0.4 is 24.4 Å². The van der Waals surface area contributed by atoms with Crippen LogP contribution in [0.15, 0.2) is 59.2 Å². The van der Waals surface area contributed by atoms with Crippen molar-refractivity contribution in [1.82, 2.24) is 5.32 Å². The summed E-state index contributed by atoms with van der Waals surface area (Å²) in [6.45, 7) is 4.30. The van der Waals surface area contributed by atoms with E-state index in [1.54, 1.807) is 24.3 Å². The maximum absolute atomic E-state index is 14.1. The lowest BCUT2D eigenvalue weighted by molar-refractivity contribution is -0.123. The minimum absolute atomic E-state index is 0.0513. The molecule has 3 aromatic rings. The number of carbonyl (C=O) groups excluding carboxylic acids is 2. The van der Waals surface area contributed by atoms with E-state index in [1.165, 1.54) is 32.5 Å². The summed E-state index contributed by atoms with van der Waals surface area (Å²) in [5.74, 6) is 0.960. The Morgan fingerprint density at radius 2 is 1.62 bits per heavy atom. The fourth-order valence-electron chi connectivity index (χ4n) is 5.13. The number of amides is 2. The van der Waals surface area contributed by atoms with Crippen molar-refractivity contribution in [1.29, 1.82) is 0 Å². The first kappa shape index (κ1) is 28.1. The standard InChI is InChI=1S/C31H38N2O6/c1-6-20(2)21-13-15-24(16-14-21)33(31(35)25-12-9-17-39-25)28(30(34)32-23-10-7-8-11-23)22-18-26(36-3)29(38-5)27(19-22)37-4/h9,12-20,23,28H,6-8,10-11H2,1-5H3,(H,32,34). The second kappa shape index (κ2) is 12.7. The fourth-order valence-corrected chi connectivity index (χ4v) is 5.13. The van der Waals surface area contributed by atoms with Crippen molar-refractivity contribution in [2.45, 2.75) is 64.0 Å². The second-order valence-corrected chi connectivity index (χ2v) is 9.90. The molecule has 1 heterocycles. The second-order valence-electron chi connectivity index (χ2n) is 9.90. The van der Waals surface area contributed by atoms with Gasteiger partial charge in [-0.25, -0.2) is 0 Å². The van der Waals surface area contributed by atoms with Crippen molar-refractivity contribution in [2.75, 3.05) is 26.2 Å². The number of hydrogen-bond acceptors (Lipinski definition) is 6. The molecule has 0 aliphatic heterocycles. The van der Waals surface area contributed by atoms with Crippen LogP contribution in [0.25, 0.3) is 0 Å². The molecular formula is C31H38N2O6. The van der Waals surface area contributed by atoms with Crippen molar-refractivity contribution in [3.8, 4) is 17.2 Å². The largest absolute Gasteiger partial charge is 0.493 e. The van der Waals surface area contributed by atoms with Gasteiger partial charge in [0.2, 0.25) is 11.7 Å². The lowest BCUT2D eigenvalue weighted by atomic mass is 9.97. The molecule has 2 amide bonds. The fraction of sp³-hybridized carbons (Fsp3) is 0.419. The monoisotopic (exact) mass is 534 g/mol. The average Bonchev–Trinajstić information content (AvgIpc) is 3.69. The van der Waals surface area contributed by atoms with Crippen LogP contribution in [0.2, 0.25) is 0 Å². The van der Waals surface area contributed by atoms with E-state index in [2.05, 4.69) is 19.2 Å². The number of carbonyl (C=O) groups is 2. The molecule has 1 fully saturated rings. The van der Waals surface area contributed by atoms with E-state index < -0.39 is 11.9 Å². The van der Waals surface area contributed by atoms with E-state index in [-0.39, 0.29) is 17.7 Å². The summed E-state index contributed by atoms with van der Waals surface area (Å²) in [6.07, 6.45) is 6.38. The third kappa shape index (κ3) is 6.05. The third-order valence-corrected chi connectivity index (χ3v) is 7.51. The van der Waals surface area contributed by atoms with Crippen LogP contribution in [0.4, 0.5) is 5.69 Å². The van der Waals surface area contributed by atoms with Gasteiger partial charge >= 0.3 is 0 Å². The first-order valence-corrected chi connectivity index (χ1v) is 13.5. The molecule has 1 aliphatic rings.